The molecule has 0 radical (unpaired) electrons. The van der Waals surface area contributed by atoms with E-state index in [9.17, 15) is 9.18 Å². The summed E-state index contributed by atoms with van der Waals surface area (Å²) in [5.74, 6) is -0.149. The summed E-state index contributed by atoms with van der Waals surface area (Å²) < 4.78 is 13.8. The van der Waals surface area contributed by atoms with E-state index in [4.69, 9.17) is 0 Å². The van der Waals surface area contributed by atoms with Crippen LogP contribution >= 0.6 is 0 Å². The zero-order valence-electron chi connectivity index (χ0n) is 11.5. The van der Waals surface area contributed by atoms with Crippen LogP contribution in [0.1, 0.15) is 24.8 Å². The van der Waals surface area contributed by atoms with Crippen LogP contribution in [0.3, 0.4) is 0 Å². The molecule has 2 aliphatic rings. The predicted octanol–water partition coefficient (Wildman–Crippen LogP) is 2.16. The van der Waals surface area contributed by atoms with Crippen molar-refractivity contribution in [2.75, 3.05) is 19.6 Å². The van der Waals surface area contributed by atoms with Crippen LogP contribution in [0.15, 0.2) is 24.3 Å². The lowest BCUT2D eigenvalue weighted by molar-refractivity contribution is -0.0295. The smallest absolute Gasteiger partial charge is 0.332 e. The Morgan fingerprint density at radius 1 is 1.25 bits per heavy atom. The third-order valence-electron chi connectivity index (χ3n) is 4.15. The van der Waals surface area contributed by atoms with E-state index in [1.165, 1.54) is 6.07 Å². The standard InChI is InChI=1S/C15H20FN3O/c16-14-7-2-1-5-12(14)11-13-6-3-4-9-18(13)19-10-8-17-15(19)20/h1-2,5,7,13H,3-4,6,8-11H2,(H,17,20). The number of hydrogen-bond acceptors (Lipinski definition) is 2. The molecule has 0 spiro atoms. The van der Waals surface area contributed by atoms with E-state index in [0.717, 1.165) is 31.4 Å². The van der Waals surface area contributed by atoms with Gasteiger partial charge in [-0.1, -0.05) is 24.6 Å². The first-order valence-electron chi connectivity index (χ1n) is 7.31. The Bertz CT molecular complexity index is 494. The first kappa shape index (κ1) is 13.4. The molecule has 4 nitrogen and oxygen atoms in total. The maximum Gasteiger partial charge on any atom is 0.332 e. The van der Waals surface area contributed by atoms with E-state index < -0.39 is 0 Å². The van der Waals surface area contributed by atoms with Crippen molar-refractivity contribution in [1.82, 2.24) is 15.3 Å². The minimum atomic E-state index is -0.149. The Hall–Kier alpha value is -1.62. The molecule has 0 bridgehead atoms. The molecule has 2 aliphatic heterocycles. The van der Waals surface area contributed by atoms with E-state index >= 15 is 0 Å². The second kappa shape index (κ2) is 5.79. The fraction of sp³-hybridized carbons (Fsp3) is 0.533. The Labute approximate surface area is 118 Å². The SMILES string of the molecule is O=C1NCCN1N1CCCCC1Cc1ccccc1F. The molecule has 1 unspecified atom stereocenters. The third-order valence-corrected chi connectivity index (χ3v) is 4.15. The molecule has 1 aromatic rings. The van der Waals surface area contributed by atoms with E-state index in [0.29, 0.717) is 19.5 Å². The Morgan fingerprint density at radius 3 is 2.85 bits per heavy atom. The maximum absolute atomic E-state index is 13.8. The topological polar surface area (TPSA) is 35.6 Å². The summed E-state index contributed by atoms with van der Waals surface area (Å²) in [6, 6.07) is 7.12. The number of halogens is 1. The molecule has 5 heteroatoms. The maximum atomic E-state index is 13.8. The first-order valence-corrected chi connectivity index (χ1v) is 7.31. The van der Waals surface area contributed by atoms with Gasteiger partial charge in [-0.3, -0.25) is 5.01 Å². The van der Waals surface area contributed by atoms with Crippen LogP contribution < -0.4 is 5.32 Å². The quantitative estimate of drug-likeness (QED) is 0.919. The van der Waals surface area contributed by atoms with Crippen molar-refractivity contribution in [3.8, 4) is 0 Å². The second-order valence-corrected chi connectivity index (χ2v) is 5.46. The van der Waals surface area contributed by atoms with Crippen molar-refractivity contribution in [3.63, 3.8) is 0 Å². The van der Waals surface area contributed by atoms with Crippen molar-refractivity contribution < 1.29 is 9.18 Å². The van der Waals surface area contributed by atoms with Crippen molar-refractivity contribution in [2.24, 2.45) is 0 Å². The van der Waals surface area contributed by atoms with Gasteiger partial charge in [0.15, 0.2) is 0 Å². The molecule has 2 heterocycles. The zero-order chi connectivity index (χ0) is 13.9. The molecule has 20 heavy (non-hydrogen) atoms. The van der Waals surface area contributed by atoms with E-state index in [1.54, 1.807) is 11.1 Å². The highest BCUT2D eigenvalue weighted by molar-refractivity contribution is 5.75. The van der Waals surface area contributed by atoms with Crippen LogP contribution in [0, 0.1) is 5.82 Å². The highest BCUT2D eigenvalue weighted by Crippen LogP contribution is 2.24. The van der Waals surface area contributed by atoms with Gasteiger partial charge in [0.1, 0.15) is 5.82 Å². The van der Waals surface area contributed by atoms with E-state index in [2.05, 4.69) is 10.3 Å². The van der Waals surface area contributed by atoms with Gasteiger partial charge in [-0.15, -0.1) is 0 Å². The monoisotopic (exact) mass is 277 g/mol. The third kappa shape index (κ3) is 2.63. The number of carbonyl (C=O) groups is 1. The molecule has 0 aromatic heterocycles. The fourth-order valence-electron chi connectivity index (χ4n) is 3.14. The van der Waals surface area contributed by atoms with Crippen LogP contribution in [-0.2, 0) is 6.42 Å². The minimum Gasteiger partial charge on any atom is -0.335 e. The van der Waals surface area contributed by atoms with E-state index in [-0.39, 0.29) is 17.9 Å². The highest BCUT2D eigenvalue weighted by Gasteiger charge is 2.33. The number of piperidine rings is 1. The number of carbonyl (C=O) groups excluding carboxylic acids is 1. The molecule has 2 amide bonds. The summed E-state index contributed by atoms with van der Waals surface area (Å²) in [7, 11) is 0. The minimum absolute atomic E-state index is 0.0227. The summed E-state index contributed by atoms with van der Waals surface area (Å²) in [4.78, 5) is 11.8. The molecular weight excluding hydrogens is 257 g/mol. The number of urea groups is 1. The summed E-state index contributed by atoms with van der Waals surface area (Å²) in [6.45, 7) is 2.29. The highest BCUT2D eigenvalue weighted by atomic mass is 19.1. The van der Waals surface area contributed by atoms with E-state index in [1.807, 2.05) is 12.1 Å². The average molecular weight is 277 g/mol. The molecule has 0 saturated carbocycles. The Balaban J connectivity index is 1.75. The van der Waals surface area contributed by atoms with Crippen molar-refractivity contribution >= 4 is 6.03 Å². The number of amides is 2. The Morgan fingerprint density at radius 2 is 2.10 bits per heavy atom. The van der Waals surface area contributed by atoms with Gasteiger partial charge in [-0.05, 0) is 30.9 Å². The Kier molecular flexibility index (Phi) is 3.87. The van der Waals surface area contributed by atoms with Crippen molar-refractivity contribution in [2.45, 2.75) is 31.7 Å². The lowest BCUT2D eigenvalue weighted by atomic mass is 9.96. The summed E-state index contributed by atoms with van der Waals surface area (Å²) in [5.41, 5.74) is 0.740. The molecule has 1 N–H and O–H groups in total. The van der Waals surface area contributed by atoms with Gasteiger partial charge in [-0.2, -0.15) is 0 Å². The summed E-state index contributed by atoms with van der Waals surface area (Å²) in [5, 5.41) is 6.77. The van der Waals surface area contributed by atoms with Gasteiger partial charge in [0.2, 0.25) is 0 Å². The van der Waals surface area contributed by atoms with Crippen LogP contribution in [0.4, 0.5) is 9.18 Å². The molecule has 108 valence electrons. The summed E-state index contributed by atoms with van der Waals surface area (Å²) >= 11 is 0. The van der Waals surface area contributed by atoms with Crippen LogP contribution in [-0.4, -0.2) is 41.7 Å². The second-order valence-electron chi connectivity index (χ2n) is 5.46. The molecule has 1 atom stereocenters. The molecule has 3 rings (SSSR count). The summed E-state index contributed by atoms with van der Waals surface area (Å²) in [6.07, 6.45) is 3.91. The van der Waals surface area contributed by atoms with Gasteiger partial charge in [0.05, 0.1) is 6.54 Å². The largest absolute Gasteiger partial charge is 0.335 e. The van der Waals surface area contributed by atoms with Gasteiger partial charge in [-0.25, -0.2) is 14.2 Å². The van der Waals surface area contributed by atoms with Crippen LogP contribution in [0.2, 0.25) is 0 Å². The van der Waals surface area contributed by atoms with Gasteiger partial charge in [0.25, 0.3) is 0 Å². The number of rotatable bonds is 3. The molecule has 2 fully saturated rings. The van der Waals surface area contributed by atoms with Crippen molar-refractivity contribution in [3.05, 3.63) is 35.6 Å². The normalized spacial score (nSPS) is 23.9. The average Bonchev–Trinajstić information content (AvgIpc) is 2.88. The lowest BCUT2D eigenvalue weighted by Gasteiger charge is -2.40. The molecule has 0 aliphatic carbocycles. The van der Waals surface area contributed by atoms with Crippen molar-refractivity contribution in [1.29, 1.82) is 0 Å². The van der Waals surface area contributed by atoms with Gasteiger partial charge < -0.3 is 5.32 Å². The van der Waals surface area contributed by atoms with Crippen LogP contribution in [0.5, 0.6) is 0 Å². The number of hydrogen-bond donors (Lipinski definition) is 1. The molecular formula is C15H20FN3O. The number of benzene rings is 1. The van der Waals surface area contributed by atoms with Gasteiger partial charge in [0, 0.05) is 19.1 Å². The lowest BCUT2D eigenvalue weighted by Crippen LogP contribution is -2.53. The number of nitrogens with one attached hydrogen (secondary N) is 1. The molecule has 1 aromatic carbocycles. The number of nitrogens with zero attached hydrogens (tertiary/aromatic N) is 2. The zero-order valence-corrected chi connectivity index (χ0v) is 11.5. The predicted molar refractivity (Wildman–Crippen MR) is 74.6 cm³/mol. The fourth-order valence-corrected chi connectivity index (χ4v) is 3.14. The first-order chi connectivity index (χ1) is 9.75. The van der Waals surface area contributed by atoms with Crippen LogP contribution in [0.25, 0.3) is 0 Å². The van der Waals surface area contributed by atoms with Gasteiger partial charge >= 0.3 is 6.03 Å². The number of hydrazine groups is 1. The molecule has 2 saturated heterocycles.